The maximum absolute atomic E-state index is 12.9. The van der Waals surface area contributed by atoms with E-state index in [0.717, 1.165) is 69.3 Å². The third kappa shape index (κ3) is 5.22. The van der Waals surface area contributed by atoms with Crippen molar-refractivity contribution in [2.24, 2.45) is 0 Å². The molecule has 0 bridgehead atoms. The van der Waals surface area contributed by atoms with Gasteiger partial charge in [-0.2, -0.15) is 0 Å². The SMILES string of the molecule is CC(=O)N1CCC(N(CCNC(=O)c2nccc3ccccc23)C2CCOCC2)CC1. The Morgan fingerprint density at radius 1 is 1.10 bits per heavy atom. The van der Waals surface area contributed by atoms with Crippen LogP contribution in [0.15, 0.2) is 36.5 Å². The van der Waals surface area contributed by atoms with Crippen molar-refractivity contribution in [2.75, 3.05) is 39.4 Å². The van der Waals surface area contributed by atoms with Gasteiger partial charge in [0, 0.05) is 70.0 Å². The molecule has 2 fully saturated rings. The number of aromatic nitrogens is 1. The number of piperidine rings is 1. The Bertz CT molecular complexity index is 899. The number of hydrogen-bond donors (Lipinski definition) is 1. The number of nitrogens with one attached hydrogen (secondary N) is 1. The highest BCUT2D eigenvalue weighted by atomic mass is 16.5. The minimum absolute atomic E-state index is 0.130. The number of nitrogens with zero attached hydrogens (tertiary/aromatic N) is 3. The van der Waals surface area contributed by atoms with E-state index < -0.39 is 0 Å². The van der Waals surface area contributed by atoms with Gasteiger partial charge < -0.3 is 15.0 Å². The van der Waals surface area contributed by atoms with Crippen LogP contribution < -0.4 is 5.32 Å². The van der Waals surface area contributed by atoms with Gasteiger partial charge in [0.2, 0.25) is 5.91 Å². The number of likely N-dealkylation sites (tertiary alicyclic amines) is 1. The van der Waals surface area contributed by atoms with Crippen LogP contribution in [0.2, 0.25) is 0 Å². The summed E-state index contributed by atoms with van der Waals surface area (Å²) in [5.74, 6) is 0.0287. The van der Waals surface area contributed by atoms with Crippen molar-refractivity contribution in [3.8, 4) is 0 Å². The highest BCUT2D eigenvalue weighted by Crippen LogP contribution is 2.23. The van der Waals surface area contributed by atoms with Crippen molar-refractivity contribution in [2.45, 2.75) is 44.7 Å². The molecule has 2 aliphatic heterocycles. The first-order valence-electron chi connectivity index (χ1n) is 11.3. The molecule has 3 heterocycles. The number of pyridine rings is 1. The first kappa shape index (κ1) is 21.7. The van der Waals surface area contributed by atoms with Gasteiger partial charge in [-0.3, -0.25) is 19.5 Å². The molecule has 2 saturated heterocycles. The number of benzene rings is 1. The van der Waals surface area contributed by atoms with Crippen LogP contribution in [-0.2, 0) is 9.53 Å². The van der Waals surface area contributed by atoms with Crippen LogP contribution in [0.25, 0.3) is 10.8 Å². The number of amides is 2. The molecular formula is C24H32N4O3. The molecule has 1 aromatic carbocycles. The fourth-order valence-electron chi connectivity index (χ4n) is 4.88. The topological polar surface area (TPSA) is 74.8 Å². The van der Waals surface area contributed by atoms with E-state index in [-0.39, 0.29) is 11.8 Å². The van der Waals surface area contributed by atoms with Crippen molar-refractivity contribution in [3.05, 3.63) is 42.2 Å². The minimum Gasteiger partial charge on any atom is -0.381 e. The zero-order valence-corrected chi connectivity index (χ0v) is 18.3. The molecule has 0 saturated carbocycles. The normalized spacial score (nSPS) is 18.5. The van der Waals surface area contributed by atoms with Gasteiger partial charge in [-0.1, -0.05) is 24.3 Å². The van der Waals surface area contributed by atoms with Gasteiger partial charge in [-0.05, 0) is 37.1 Å². The molecule has 0 radical (unpaired) electrons. The van der Waals surface area contributed by atoms with Crippen molar-refractivity contribution >= 4 is 22.6 Å². The Hall–Kier alpha value is -2.51. The van der Waals surface area contributed by atoms with E-state index in [2.05, 4.69) is 15.2 Å². The summed E-state index contributed by atoms with van der Waals surface area (Å²) < 4.78 is 5.57. The molecule has 31 heavy (non-hydrogen) atoms. The number of rotatable bonds is 6. The molecule has 7 heteroatoms. The van der Waals surface area contributed by atoms with Crippen molar-refractivity contribution in [1.82, 2.24) is 20.1 Å². The molecule has 1 aromatic heterocycles. The lowest BCUT2D eigenvalue weighted by atomic mass is 9.98. The van der Waals surface area contributed by atoms with Gasteiger partial charge in [0.15, 0.2) is 0 Å². The van der Waals surface area contributed by atoms with Crippen LogP contribution in [0, 0.1) is 0 Å². The van der Waals surface area contributed by atoms with Gasteiger partial charge >= 0.3 is 0 Å². The van der Waals surface area contributed by atoms with Gasteiger partial charge in [0.05, 0.1) is 0 Å². The van der Waals surface area contributed by atoms with E-state index in [0.29, 0.717) is 24.3 Å². The summed E-state index contributed by atoms with van der Waals surface area (Å²) in [7, 11) is 0. The quantitative estimate of drug-likeness (QED) is 0.771. The first-order valence-corrected chi connectivity index (χ1v) is 11.3. The highest BCUT2D eigenvalue weighted by Gasteiger charge is 2.31. The van der Waals surface area contributed by atoms with Crippen LogP contribution in [0.3, 0.4) is 0 Å². The predicted molar refractivity (Wildman–Crippen MR) is 120 cm³/mol. The maximum atomic E-state index is 12.9. The fraction of sp³-hybridized carbons (Fsp3) is 0.542. The summed E-state index contributed by atoms with van der Waals surface area (Å²) in [4.78, 5) is 33.4. The zero-order valence-electron chi connectivity index (χ0n) is 18.3. The molecule has 0 atom stereocenters. The largest absolute Gasteiger partial charge is 0.381 e. The monoisotopic (exact) mass is 424 g/mol. The van der Waals surface area contributed by atoms with Crippen LogP contribution >= 0.6 is 0 Å². The number of fused-ring (bicyclic) bond motifs is 1. The summed E-state index contributed by atoms with van der Waals surface area (Å²) in [5.41, 5.74) is 0.477. The summed E-state index contributed by atoms with van der Waals surface area (Å²) in [6, 6.07) is 10.7. The van der Waals surface area contributed by atoms with E-state index in [1.54, 1.807) is 13.1 Å². The highest BCUT2D eigenvalue weighted by molar-refractivity contribution is 6.05. The van der Waals surface area contributed by atoms with Crippen LogP contribution in [0.1, 0.15) is 43.1 Å². The van der Waals surface area contributed by atoms with E-state index >= 15 is 0 Å². The Morgan fingerprint density at radius 2 is 1.81 bits per heavy atom. The van der Waals surface area contributed by atoms with Gasteiger partial charge in [-0.25, -0.2) is 0 Å². The molecular weight excluding hydrogens is 392 g/mol. The Balaban J connectivity index is 1.39. The Morgan fingerprint density at radius 3 is 2.55 bits per heavy atom. The average Bonchev–Trinajstić information content (AvgIpc) is 2.82. The molecule has 0 aliphatic carbocycles. The summed E-state index contributed by atoms with van der Waals surface area (Å²) in [5, 5.41) is 4.98. The van der Waals surface area contributed by atoms with Gasteiger partial charge in [0.1, 0.15) is 5.69 Å². The lowest BCUT2D eigenvalue weighted by Crippen LogP contribution is -2.53. The lowest BCUT2D eigenvalue weighted by Gasteiger charge is -2.43. The fourth-order valence-corrected chi connectivity index (χ4v) is 4.88. The van der Waals surface area contributed by atoms with Gasteiger partial charge in [0.25, 0.3) is 5.91 Å². The van der Waals surface area contributed by atoms with E-state index in [1.807, 2.05) is 35.2 Å². The third-order valence-electron chi connectivity index (χ3n) is 6.58. The number of carbonyl (C=O) groups excluding carboxylic acids is 2. The lowest BCUT2D eigenvalue weighted by molar-refractivity contribution is -0.130. The molecule has 2 aliphatic rings. The van der Waals surface area contributed by atoms with E-state index in [9.17, 15) is 9.59 Å². The maximum Gasteiger partial charge on any atom is 0.270 e. The van der Waals surface area contributed by atoms with E-state index in [4.69, 9.17) is 4.74 Å². The smallest absolute Gasteiger partial charge is 0.270 e. The number of ether oxygens (including phenoxy) is 1. The second kappa shape index (κ2) is 10.2. The van der Waals surface area contributed by atoms with Crippen molar-refractivity contribution in [1.29, 1.82) is 0 Å². The first-order chi connectivity index (χ1) is 15.1. The third-order valence-corrected chi connectivity index (χ3v) is 6.58. The molecule has 2 amide bonds. The van der Waals surface area contributed by atoms with Crippen molar-refractivity contribution < 1.29 is 14.3 Å². The van der Waals surface area contributed by atoms with Crippen LogP contribution in [0.4, 0.5) is 0 Å². The standard InChI is InChI=1S/C24H32N4O3/c1-18(29)27-13-7-20(8-14-27)28(21-9-16-31-17-10-21)15-12-26-24(30)23-22-5-3-2-4-19(22)6-11-25-23/h2-6,11,20-21H,7-10,12-17H2,1H3,(H,26,30). The molecule has 2 aromatic rings. The molecule has 166 valence electrons. The zero-order chi connectivity index (χ0) is 21.6. The second-order valence-corrected chi connectivity index (χ2v) is 8.46. The van der Waals surface area contributed by atoms with Crippen LogP contribution in [0.5, 0.6) is 0 Å². The van der Waals surface area contributed by atoms with E-state index in [1.165, 1.54) is 0 Å². The summed E-state index contributed by atoms with van der Waals surface area (Å²) in [6.07, 6.45) is 5.69. The van der Waals surface area contributed by atoms with Gasteiger partial charge in [-0.15, -0.1) is 0 Å². The van der Waals surface area contributed by atoms with Crippen molar-refractivity contribution in [3.63, 3.8) is 0 Å². The average molecular weight is 425 g/mol. The number of hydrogen-bond acceptors (Lipinski definition) is 5. The Kier molecular flexibility index (Phi) is 7.14. The Labute approximate surface area is 183 Å². The predicted octanol–water partition coefficient (Wildman–Crippen LogP) is 2.46. The summed E-state index contributed by atoms with van der Waals surface area (Å²) in [6.45, 7) is 6.23. The molecule has 0 spiro atoms. The van der Waals surface area contributed by atoms with Crippen LogP contribution in [-0.4, -0.2) is 78.1 Å². The number of carbonyl (C=O) groups is 2. The second-order valence-electron chi connectivity index (χ2n) is 8.46. The minimum atomic E-state index is -0.130. The molecule has 4 rings (SSSR count). The molecule has 0 unspecified atom stereocenters. The molecule has 1 N–H and O–H groups in total. The summed E-state index contributed by atoms with van der Waals surface area (Å²) >= 11 is 0. The molecule has 7 nitrogen and oxygen atoms in total.